The van der Waals surface area contributed by atoms with Crippen LogP contribution in [0.15, 0.2) is 70.2 Å². The highest BCUT2D eigenvalue weighted by molar-refractivity contribution is 5.97. The van der Waals surface area contributed by atoms with Gasteiger partial charge in [0.2, 0.25) is 5.91 Å². The van der Waals surface area contributed by atoms with Crippen LogP contribution in [0.3, 0.4) is 0 Å². The van der Waals surface area contributed by atoms with Gasteiger partial charge in [-0.1, -0.05) is 30.3 Å². The number of para-hydroxylation sites is 1. The Kier molecular flexibility index (Phi) is 4.73. The van der Waals surface area contributed by atoms with Crippen molar-refractivity contribution in [1.29, 1.82) is 0 Å². The average molecular weight is 469 g/mol. The largest absolute Gasteiger partial charge is 0.455 e. The number of hydrogen-bond acceptors (Lipinski definition) is 6. The Balaban J connectivity index is 1.23. The summed E-state index contributed by atoms with van der Waals surface area (Å²) in [4.78, 5) is 41.6. The van der Waals surface area contributed by atoms with Gasteiger partial charge in [-0.3, -0.25) is 19.7 Å². The summed E-state index contributed by atoms with van der Waals surface area (Å²) in [6.07, 6.45) is 1.80. The number of non-ortho nitro benzene ring substituents is 1. The van der Waals surface area contributed by atoms with Crippen molar-refractivity contribution in [2.24, 2.45) is 5.10 Å². The SMILES string of the molecule is O=C1[C@H]2Cc3c([nH]c4ccccc34)CN2C(=O)CN1/N=C\c1ccc(-c2cccc([N+](=O)[O-])c2)o1. The maximum Gasteiger partial charge on any atom is 0.270 e. The smallest absolute Gasteiger partial charge is 0.270 e. The van der Waals surface area contributed by atoms with Crippen LogP contribution in [0.1, 0.15) is 17.0 Å². The lowest BCUT2D eigenvalue weighted by Crippen LogP contribution is -2.60. The number of amides is 2. The van der Waals surface area contributed by atoms with Crippen LogP contribution < -0.4 is 0 Å². The summed E-state index contributed by atoms with van der Waals surface area (Å²) in [5.41, 5.74) is 3.52. The van der Waals surface area contributed by atoms with Gasteiger partial charge < -0.3 is 14.3 Å². The number of benzene rings is 2. The monoisotopic (exact) mass is 469 g/mol. The molecule has 35 heavy (non-hydrogen) atoms. The summed E-state index contributed by atoms with van der Waals surface area (Å²) >= 11 is 0. The van der Waals surface area contributed by atoms with Gasteiger partial charge >= 0.3 is 0 Å². The van der Waals surface area contributed by atoms with Crippen LogP contribution in [0.2, 0.25) is 0 Å². The number of H-pyrrole nitrogens is 1. The first-order valence-corrected chi connectivity index (χ1v) is 11.1. The molecule has 0 saturated carbocycles. The first-order chi connectivity index (χ1) is 17.0. The molecule has 2 aliphatic rings. The van der Waals surface area contributed by atoms with E-state index < -0.39 is 11.0 Å². The summed E-state index contributed by atoms with van der Waals surface area (Å²) in [6.45, 7) is 0.210. The zero-order valence-electron chi connectivity index (χ0n) is 18.4. The number of nitro benzene ring substituents is 1. The normalized spacial score (nSPS) is 17.8. The van der Waals surface area contributed by atoms with Crippen LogP contribution >= 0.6 is 0 Å². The number of aromatic nitrogens is 1. The van der Waals surface area contributed by atoms with E-state index >= 15 is 0 Å². The number of nitro groups is 1. The van der Waals surface area contributed by atoms with Crippen molar-refractivity contribution in [2.75, 3.05) is 6.54 Å². The second kappa shape index (κ2) is 7.94. The number of nitrogens with zero attached hydrogens (tertiary/aromatic N) is 4. The molecule has 0 spiro atoms. The van der Waals surface area contributed by atoms with Crippen molar-refractivity contribution < 1.29 is 18.9 Å². The number of hydrogen-bond donors (Lipinski definition) is 1. The number of carbonyl (C=O) groups is 2. The third kappa shape index (κ3) is 3.55. The van der Waals surface area contributed by atoms with E-state index in [9.17, 15) is 19.7 Å². The van der Waals surface area contributed by atoms with Crippen molar-refractivity contribution in [2.45, 2.75) is 19.0 Å². The van der Waals surface area contributed by atoms with E-state index in [4.69, 9.17) is 4.42 Å². The number of fused-ring (bicyclic) bond motifs is 4. The fourth-order valence-corrected chi connectivity index (χ4v) is 4.73. The van der Waals surface area contributed by atoms with Crippen LogP contribution in [-0.4, -0.2) is 50.4 Å². The van der Waals surface area contributed by atoms with Gasteiger partial charge in [0.15, 0.2) is 0 Å². The van der Waals surface area contributed by atoms with Crippen molar-refractivity contribution in [3.8, 4) is 11.3 Å². The Morgan fingerprint density at radius 3 is 2.80 bits per heavy atom. The molecule has 0 radical (unpaired) electrons. The van der Waals surface area contributed by atoms with E-state index in [1.54, 1.807) is 29.2 Å². The summed E-state index contributed by atoms with van der Waals surface area (Å²) < 4.78 is 5.74. The zero-order valence-corrected chi connectivity index (χ0v) is 18.4. The van der Waals surface area contributed by atoms with Crippen LogP contribution in [0.5, 0.6) is 0 Å². The maximum atomic E-state index is 13.2. The fourth-order valence-electron chi connectivity index (χ4n) is 4.73. The van der Waals surface area contributed by atoms with E-state index in [1.165, 1.54) is 23.4 Å². The van der Waals surface area contributed by atoms with E-state index in [0.717, 1.165) is 22.2 Å². The quantitative estimate of drug-likeness (QED) is 0.278. The van der Waals surface area contributed by atoms with Crippen LogP contribution in [-0.2, 0) is 22.6 Å². The lowest BCUT2D eigenvalue weighted by atomic mass is 9.94. The zero-order chi connectivity index (χ0) is 24.1. The lowest BCUT2D eigenvalue weighted by molar-refractivity contribution is -0.384. The number of furan rings is 1. The Bertz CT molecular complexity index is 1530. The van der Waals surface area contributed by atoms with Crippen LogP contribution in [0.4, 0.5) is 5.69 Å². The Morgan fingerprint density at radius 2 is 1.94 bits per heavy atom. The number of piperazine rings is 1. The molecule has 0 bridgehead atoms. The van der Waals surface area contributed by atoms with Gasteiger partial charge in [0.25, 0.3) is 11.6 Å². The number of hydrazone groups is 1. The molecule has 1 fully saturated rings. The predicted octanol–water partition coefficient (Wildman–Crippen LogP) is 3.47. The van der Waals surface area contributed by atoms with Gasteiger partial charge in [-0.2, -0.15) is 5.10 Å². The molecule has 2 aliphatic heterocycles. The first-order valence-electron chi connectivity index (χ1n) is 11.1. The molecule has 6 rings (SSSR count). The Hall–Kier alpha value is -4.73. The molecule has 2 amide bonds. The van der Waals surface area contributed by atoms with E-state index in [1.807, 2.05) is 24.3 Å². The number of rotatable bonds is 4. The van der Waals surface area contributed by atoms with Gasteiger partial charge in [0.05, 0.1) is 17.7 Å². The molecule has 1 N–H and O–H groups in total. The van der Waals surface area contributed by atoms with Gasteiger partial charge in [0.1, 0.15) is 24.1 Å². The molecular weight excluding hydrogens is 450 g/mol. The highest BCUT2D eigenvalue weighted by Crippen LogP contribution is 2.32. The second-order valence-electron chi connectivity index (χ2n) is 8.52. The minimum absolute atomic E-state index is 0.0399. The van der Waals surface area contributed by atoms with Crippen LogP contribution in [0, 0.1) is 10.1 Å². The summed E-state index contributed by atoms with van der Waals surface area (Å²) in [7, 11) is 0. The van der Waals surface area contributed by atoms with Gasteiger partial charge in [-0.15, -0.1) is 0 Å². The second-order valence-corrected chi connectivity index (χ2v) is 8.52. The Morgan fingerprint density at radius 1 is 1.09 bits per heavy atom. The van der Waals surface area contributed by atoms with E-state index in [-0.39, 0.29) is 24.0 Å². The van der Waals surface area contributed by atoms with Gasteiger partial charge in [0, 0.05) is 40.7 Å². The molecule has 0 aliphatic carbocycles. The fraction of sp³-hybridized carbons (Fsp3) is 0.160. The first kappa shape index (κ1) is 20.8. The molecule has 2 aromatic carbocycles. The highest BCUT2D eigenvalue weighted by Gasteiger charge is 2.43. The summed E-state index contributed by atoms with van der Waals surface area (Å²) in [5, 5.41) is 17.5. The topological polar surface area (TPSA) is 125 Å². The third-order valence-corrected chi connectivity index (χ3v) is 6.44. The molecular formula is C25H19N5O5. The van der Waals surface area contributed by atoms with Crippen LogP contribution in [0.25, 0.3) is 22.2 Å². The number of aromatic amines is 1. The van der Waals surface area contributed by atoms with Crippen molar-refractivity contribution in [1.82, 2.24) is 14.9 Å². The number of nitrogens with one attached hydrogen (secondary N) is 1. The lowest BCUT2D eigenvalue weighted by Gasteiger charge is -2.40. The molecule has 4 aromatic rings. The van der Waals surface area contributed by atoms with Crippen molar-refractivity contribution in [3.05, 3.63) is 87.8 Å². The maximum absolute atomic E-state index is 13.2. The molecule has 0 unspecified atom stereocenters. The number of carbonyl (C=O) groups excluding carboxylic acids is 2. The standard InChI is InChI=1S/C25H19N5O5/c31-24-14-29(26-12-17-8-9-23(35-17)15-4-3-5-16(10-15)30(33)34)25(32)22-11-19-18-6-1-2-7-20(18)27-21(19)13-28(22)24/h1-10,12,22,27H,11,13-14H2/b26-12-/t22-/m1/s1. The molecule has 1 atom stereocenters. The molecule has 1 saturated heterocycles. The minimum atomic E-state index is -0.614. The predicted molar refractivity (Wildman–Crippen MR) is 126 cm³/mol. The van der Waals surface area contributed by atoms with Crippen molar-refractivity contribution >= 4 is 34.6 Å². The minimum Gasteiger partial charge on any atom is -0.455 e. The molecule has 10 heteroatoms. The molecule has 174 valence electrons. The summed E-state index contributed by atoms with van der Waals surface area (Å²) in [5.74, 6) is 0.369. The third-order valence-electron chi connectivity index (χ3n) is 6.44. The molecule has 2 aromatic heterocycles. The molecule has 4 heterocycles. The molecule has 10 nitrogen and oxygen atoms in total. The van der Waals surface area contributed by atoms with E-state index in [2.05, 4.69) is 10.1 Å². The van der Waals surface area contributed by atoms with Gasteiger partial charge in [-0.25, -0.2) is 5.01 Å². The van der Waals surface area contributed by atoms with Gasteiger partial charge in [-0.05, 0) is 23.8 Å². The average Bonchev–Trinajstić information content (AvgIpc) is 3.49. The summed E-state index contributed by atoms with van der Waals surface area (Å²) in [6, 6.07) is 16.7. The Labute approximate surface area is 198 Å². The highest BCUT2D eigenvalue weighted by atomic mass is 16.6. The van der Waals surface area contributed by atoms with Crippen molar-refractivity contribution in [3.63, 3.8) is 0 Å². The van der Waals surface area contributed by atoms with E-state index in [0.29, 0.717) is 30.0 Å².